The molecule has 0 unspecified atom stereocenters. The van der Waals surface area contributed by atoms with Crippen LogP contribution in [0.2, 0.25) is 5.02 Å². The number of nitrogens with zero attached hydrogens (tertiary/aromatic N) is 4. The number of thiophene rings is 1. The maximum atomic E-state index is 12.4. The average molecular weight is 476 g/mol. The van der Waals surface area contributed by atoms with Gasteiger partial charge in [-0.15, -0.1) is 21.5 Å². The van der Waals surface area contributed by atoms with Gasteiger partial charge in [-0.2, -0.15) is 0 Å². The molecule has 1 aromatic carbocycles. The van der Waals surface area contributed by atoms with Crippen LogP contribution in [0.25, 0.3) is 15.9 Å². The molecule has 0 radical (unpaired) electrons. The van der Waals surface area contributed by atoms with Crippen molar-refractivity contribution in [2.45, 2.75) is 36.0 Å². The number of anilines is 1. The van der Waals surface area contributed by atoms with Crippen LogP contribution < -0.4 is 5.32 Å². The van der Waals surface area contributed by atoms with E-state index in [0.29, 0.717) is 15.9 Å². The highest BCUT2D eigenvalue weighted by Gasteiger charge is 2.23. The van der Waals surface area contributed by atoms with Gasteiger partial charge in [0.1, 0.15) is 4.83 Å². The van der Waals surface area contributed by atoms with Crippen molar-refractivity contribution in [2.75, 3.05) is 17.3 Å². The van der Waals surface area contributed by atoms with Crippen LogP contribution >= 0.6 is 46.5 Å². The second-order valence-electron chi connectivity index (χ2n) is 6.97. The van der Waals surface area contributed by atoms with Crippen LogP contribution in [-0.4, -0.2) is 37.5 Å². The van der Waals surface area contributed by atoms with Gasteiger partial charge in [0.2, 0.25) is 5.91 Å². The maximum absolute atomic E-state index is 12.4. The fraction of sp³-hybridized carbons (Fsp3) is 0.300. The summed E-state index contributed by atoms with van der Waals surface area (Å²) in [6.45, 7) is 0. The number of amides is 1. The predicted molar refractivity (Wildman–Crippen MR) is 125 cm³/mol. The molecule has 5 rings (SSSR count). The number of halogens is 1. The third-order valence-electron chi connectivity index (χ3n) is 5.04. The Kier molecular flexibility index (Phi) is 5.61. The standard InChI is InChI=1S/C20H18ClN5OS3/c1-28-19-23-18-16(13-4-2-3-5-14(13)30-18)17-24-25-20(26(17)19)29-10-15(27)22-12-8-6-11(21)7-9-12/h6-9H,2-5,10H2,1H3,(H,22,27). The normalized spacial score (nSPS) is 13.7. The molecule has 154 valence electrons. The Labute approximate surface area is 190 Å². The van der Waals surface area contributed by atoms with Crippen LogP contribution in [0.1, 0.15) is 23.3 Å². The number of carbonyl (C=O) groups excluding carboxylic acids is 1. The molecule has 1 aliphatic rings. The fourth-order valence-electron chi connectivity index (χ4n) is 3.69. The van der Waals surface area contributed by atoms with Crippen LogP contribution in [0, 0.1) is 0 Å². The Morgan fingerprint density at radius 1 is 1.20 bits per heavy atom. The van der Waals surface area contributed by atoms with Gasteiger partial charge in [-0.3, -0.25) is 4.79 Å². The summed E-state index contributed by atoms with van der Waals surface area (Å²) in [5, 5.41) is 15.1. The van der Waals surface area contributed by atoms with Gasteiger partial charge in [-0.1, -0.05) is 35.1 Å². The highest BCUT2D eigenvalue weighted by atomic mass is 35.5. The zero-order valence-electron chi connectivity index (χ0n) is 16.1. The van der Waals surface area contributed by atoms with Crippen molar-refractivity contribution < 1.29 is 4.79 Å². The number of hydrogen-bond acceptors (Lipinski definition) is 7. The Balaban J connectivity index is 1.44. The van der Waals surface area contributed by atoms with Crippen molar-refractivity contribution in [3.8, 4) is 0 Å². The number of fused-ring (bicyclic) bond motifs is 5. The monoisotopic (exact) mass is 475 g/mol. The largest absolute Gasteiger partial charge is 0.325 e. The third-order valence-corrected chi connectivity index (χ3v) is 8.05. The van der Waals surface area contributed by atoms with Gasteiger partial charge in [0.05, 0.1) is 11.1 Å². The number of rotatable bonds is 5. The molecule has 0 saturated heterocycles. The molecule has 3 aromatic heterocycles. The Morgan fingerprint density at radius 3 is 2.80 bits per heavy atom. The quantitative estimate of drug-likeness (QED) is 0.311. The van der Waals surface area contributed by atoms with E-state index in [0.717, 1.165) is 33.9 Å². The first-order valence-electron chi connectivity index (χ1n) is 9.55. The van der Waals surface area contributed by atoms with Gasteiger partial charge in [-0.05, 0) is 61.8 Å². The van der Waals surface area contributed by atoms with Gasteiger partial charge in [0.15, 0.2) is 16.0 Å². The molecule has 4 aromatic rings. The van der Waals surface area contributed by atoms with Crippen molar-refractivity contribution in [3.63, 3.8) is 0 Å². The lowest BCUT2D eigenvalue weighted by molar-refractivity contribution is -0.113. The first-order chi connectivity index (χ1) is 14.6. The fourth-order valence-corrected chi connectivity index (χ4v) is 6.46. The molecule has 0 bridgehead atoms. The molecule has 0 fully saturated rings. The van der Waals surface area contributed by atoms with E-state index < -0.39 is 0 Å². The van der Waals surface area contributed by atoms with Crippen molar-refractivity contribution in [3.05, 3.63) is 39.7 Å². The molecule has 10 heteroatoms. The lowest BCUT2D eigenvalue weighted by Crippen LogP contribution is -2.14. The summed E-state index contributed by atoms with van der Waals surface area (Å²) in [6.07, 6.45) is 6.64. The summed E-state index contributed by atoms with van der Waals surface area (Å²) >= 11 is 10.6. The van der Waals surface area contributed by atoms with Crippen LogP contribution in [-0.2, 0) is 17.6 Å². The van der Waals surface area contributed by atoms with E-state index in [9.17, 15) is 4.79 Å². The summed E-state index contributed by atoms with van der Waals surface area (Å²) < 4.78 is 1.99. The number of benzene rings is 1. The first kappa shape index (κ1) is 20.1. The molecule has 30 heavy (non-hydrogen) atoms. The SMILES string of the molecule is CSc1nc2sc3c(c2c2nnc(SCC(=O)Nc4ccc(Cl)cc4)n12)CCCC3. The van der Waals surface area contributed by atoms with Crippen LogP contribution in [0.15, 0.2) is 34.6 Å². The molecule has 1 amide bonds. The van der Waals surface area contributed by atoms with Crippen LogP contribution in [0.5, 0.6) is 0 Å². The van der Waals surface area contributed by atoms with Gasteiger partial charge in [0.25, 0.3) is 0 Å². The number of aromatic nitrogens is 4. The van der Waals surface area contributed by atoms with Crippen molar-refractivity contribution in [1.82, 2.24) is 19.6 Å². The van der Waals surface area contributed by atoms with Crippen molar-refractivity contribution in [1.29, 1.82) is 0 Å². The summed E-state index contributed by atoms with van der Waals surface area (Å²) in [5.41, 5.74) is 2.95. The van der Waals surface area contributed by atoms with E-state index in [4.69, 9.17) is 16.6 Å². The van der Waals surface area contributed by atoms with Gasteiger partial charge in [0, 0.05) is 15.6 Å². The van der Waals surface area contributed by atoms with Crippen LogP contribution in [0.3, 0.4) is 0 Å². The predicted octanol–water partition coefficient (Wildman–Crippen LogP) is 5.32. The minimum absolute atomic E-state index is 0.105. The Morgan fingerprint density at radius 2 is 2.00 bits per heavy atom. The number of nitrogens with one attached hydrogen (secondary N) is 1. The second-order valence-corrected chi connectivity index (χ2v) is 10.2. The molecule has 0 aliphatic heterocycles. The summed E-state index contributed by atoms with van der Waals surface area (Å²) in [5.74, 6) is 0.128. The van der Waals surface area contributed by atoms with E-state index in [1.54, 1.807) is 47.4 Å². The minimum Gasteiger partial charge on any atom is -0.325 e. The van der Waals surface area contributed by atoms with Gasteiger partial charge < -0.3 is 5.32 Å². The molecular weight excluding hydrogens is 458 g/mol. The molecule has 0 saturated carbocycles. The summed E-state index contributed by atoms with van der Waals surface area (Å²) in [6, 6.07) is 7.06. The lowest BCUT2D eigenvalue weighted by Gasteiger charge is -2.10. The van der Waals surface area contributed by atoms with Gasteiger partial charge in [-0.25, -0.2) is 9.38 Å². The summed E-state index contributed by atoms with van der Waals surface area (Å²) in [7, 11) is 0. The number of aryl methyl sites for hydroxylation is 2. The minimum atomic E-state index is -0.105. The van der Waals surface area contributed by atoms with Crippen LogP contribution in [0.4, 0.5) is 5.69 Å². The second kappa shape index (κ2) is 8.37. The third kappa shape index (κ3) is 3.68. The van der Waals surface area contributed by atoms with Gasteiger partial charge >= 0.3 is 0 Å². The zero-order valence-corrected chi connectivity index (χ0v) is 19.4. The molecule has 0 atom stereocenters. The molecular formula is C20H18ClN5OS3. The molecule has 3 heterocycles. The average Bonchev–Trinajstić information content (AvgIpc) is 3.34. The number of carbonyl (C=O) groups is 1. The Hall–Kier alpha value is -1.81. The molecule has 6 nitrogen and oxygen atoms in total. The highest BCUT2D eigenvalue weighted by molar-refractivity contribution is 8.00. The first-order valence-corrected chi connectivity index (χ1v) is 13.0. The molecule has 1 N–H and O–H groups in total. The van der Waals surface area contributed by atoms with E-state index in [1.807, 2.05) is 10.7 Å². The number of hydrogen-bond donors (Lipinski definition) is 1. The number of thioether (sulfide) groups is 2. The smallest absolute Gasteiger partial charge is 0.234 e. The molecule has 1 aliphatic carbocycles. The highest BCUT2D eigenvalue weighted by Crippen LogP contribution is 2.39. The summed E-state index contributed by atoms with van der Waals surface area (Å²) in [4.78, 5) is 19.8. The van der Waals surface area contributed by atoms with E-state index in [1.165, 1.54) is 35.0 Å². The van der Waals surface area contributed by atoms with E-state index >= 15 is 0 Å². The van der Waals surface area contributed by atoms with E-state index in [2.05, 4.69) is 15.5 Å². The van der Waals surface area contributed by atoms with E-state index in [-0.39, 0.29) is 11.7 Å². The Bertz CT molecular complexity index is 1250. The maximum Gasteiger partial charge on any atom is 0.234 e. The topological polar surface area (TPSA) is 72.2 Å². The zero-order chi connectivity index (χ0) is 20.7. The molecule has 0 spiro atoms. The van der Waals surface area contributed by atoms with Crippen molar-refractivity contribution in [2.24, 2.45) is 0 Å². The van der Waals surface area contributed by atoms with Crippen molar-refractivity contribution >= 4 is 73.9 Å². The lowest BCUT2D eigenvalue weighted by atomic mass is 9.97.